The molecule has 0 spiro atoms. The monoisotopic (exact) mass is 309 g/mol. The van der Waals surface area contributed by atoms with Crippen molar-refractivity contribution in [1.29, 1.82) is 0 Å². The van der Waals surface area contributed by atoms with E-state index in [0.29, 0.717) is 0 Å². The van der Waals surface area contributed by atoms with Crippen LogP contribution >= 0.6 is 0 Å². The van der Waals surface area contributed by atoms with Gasteiger partial charge in [-0.2, -0.15) is 0 Å². The number of halogens is 2. The van der Waals surface area contributed by atoms with Crippen molar-refractivity contribution in [3.63, 3.8) is 0 Å². The average molecular weight is 309 g/mol. The topological polar surface area (TPSA) is 92.5 Å². The highest BCUT2D eigenvalue weighted by Gasteiger charge is 2.42. The number of hydrogen-bond acceptors (Lipinski definition) is 4. The number of nitrogens with zero attached hydrogens (tertiary/aromatic N) is 1. The number of carbonyl (C=O) groups is 3. The van der Waals surface area contributed by atoms with Gasteiger partial charge in [0.25, 0.3) is 5.91 Å². The van der Waals surface area contributed by atoms with Gasteiger partial charge in [-0.3, -0.25) is 19.7 Å². The van der Waals surface area contributed by atoms with Crippen LogP contribution < -0.4 is 11.1 Å². The Morgan fingerprint density at radius 3 is 2.68 bits per heavy atom. The Hall–Kier alpha value is -2.35. The first-order valence-corrected chi connectivity index (χ1v) is 6.78. The molecule has 1 atom stereocenters. The van der Waals surface area contributed by atoms with Crippen molar-refractivity contribution in [2.45, 2.75) is 32.0 Å². The third-order valence-electron chi connectivity index (χ3n) is 4.00. The van der Waals surface area contributed by atoms with Crippen LogP contribution in [0.2, 0.25) is 0 Å². The maximum Gasteiger partial charge on any atom is 0.258 e. The molecule has 2 heterocycles. The molecule has 0 aromatic heterocycles. The molecule has 2 aliphatic heterocycles. The van der Waals surface area contributed by atoms with E-state index >= 15 is 0 Å². The van der Waals surface area contributed by atoms with Gasteiger partial charge >= 0.3 is 0 Å². The summed E-state index contributed by atoms with van der Waals surface area (Å²) in [6.45, 7) is -0.435. The van der Waals surface area contributed by atoms with Gasteiger partial charge in [0, 0.05) is 24.1 Å². The lowest BCUT2D eigenvalue weighted by atomic mass is 10.0. The molecular formula is C14H13F2N3O3. The zero-order chi connectivity index (χ0) is 16.0. The van der Waals surface area contributed by atoms with Crippen molar-refractivity contribution in [3.05, 3.63) is 34.4 Å². The number of nitrogens with one attached hydrogen (secondary N) is 1. The number of amides is 3. The number of nitrogens with two attached hydrogens (primary N) is 1. The van der Waals surface area contributed by atoms with Gasteiger partial charge in [-0.25, -0.2) is 8.78 Å². The highest BCUT2D eigenvalue weighted by Crippen LogP contribution is 2.32. The Labute approximate surface area is 124 Å². The van der Waals surface area contributed by atoms with Crippen molar-refractivity contribution in [1.82, 2.24) is 10.2 Å². The van der Waals surface area contributed by atoms with E-state index in [9.17, 15) is 23.2 Å². The molecule has 3 amide bonds. The molecule has 3 rings (SSSR count). The number of fused-ring (bicyclic) bond motifs is 1. The predicted octanol–water partition coefficient (Wildman–Crippen LogP) is 0.184. The Morgan fingerprint density at radius 1 is 1.32 bits per heavy atom. The maximum atomic E-state index is 14.3. The fraction of sp³-hybridized carbons (Fsp3) is 0.357. The molecule has 1 saturated heterocycles. The van der Waals surface area contributed by atoms with Gasteiger partial charge in [-0.1, -0.05) is 0 Å². The number of hydrogen-bond donors (Lipinski definition) is 2. The minimum Gasteiger partial charge on any atom is -0.326 e. The van der Waals surface area contributed by atoms with Crippen LogP contribution in [0.1, 0.15) is 34.3 Å². The van der Waals surface area contributed by atoms with E-state index in [1.807, 2.05) is 0 Å². The van der Waals surface area contributed by atoms with E-state index < -0.39 is 35.4 Å². The van der Waals surface area contributed by atoms with Crippen LogP contribution in [0, 0.1) is 11.6 Å². The lowest BCUT2D eigenvalue weighted by Gasteiger charge is -2.29. The lowest BCUT2D eigenvalue weighted by Crippen LogP contribution is -2.52. The van der Waals surface area contributed by atoms with Crippen LogP contribution in [0.5, 0.6) is 0 Å². The van der Waals surface area contributed by atoms with Crippen molar-refractivity contribution < 1.29 is 23.2 Å². The van der Waals surface area contributed by atoms with Crippen molar-refractivity contribution >= 4 is 17.7 Å². The van der Waals surface area contributed by atoms with E-state index in [0.717, 1.165) is 11.0 Å². The van der Waals surface area contributed by atoms with E-state index in [1.54, 1.807) is 0 Å². The van der Waals surface area contributed by atoms with Crippen molar-refractivity contribution in [3.8, 4) is 0 Å². The summed E-state index contributed by atoms with van der Waals surface area (Å²) in [7, 11) is 0. The fourth-order valence-electron chi connectivity index (χ4n) is 2.86. The summed E-state index contributed by atoms with van der Waals surface area (Å²) < 4.78 is 28.3. The smallest absolute Gasteiger partial charge is 0.258 e. The van der Waals surface area contributed by atoms with Crippen molar-refractivity contribution in [2.75, 3.05) is 0 Å². The molecule has 116 valence electrons. The molecular weight excluding hydrogens is 296 g/mol. The third kappa shape index (κ3) is 2.07. The van der Waals surface area contributed by atoms with Gasteiger partial charge in [-0.15, -0.1) is 0 Å². The quantitative estimate of drug-likeness (QED) is 0.763. The first kappa shape index (κ1) is 14.6. The number of benzene rings is 1. The van der Waals surface area contributed by atoms with Crippen LogP contribution in [0.15, 0.2) is 6.07 Å². The highest BCUT2D eigenvalue weighted by atomic mass is 19.1. The largest absolute Gasteiger partial charge is 0.326 e. The van der Waals surface area contributed by atoms with Gasteiger partial charge in [0.05, 0.1) is 12.1 Å². The zero-order valence-corrected chi connectivity index (χ0v) is 11.5. The number of rotatable bonds is 2. The van der Waals surface area contributed by atoms with Gasteiger partial charge in [0.1, 0.15) is 17.7 Å². The average Bonchev–Trinajstić information content (AvgIpc) is 2.81. The van der Waals surface area contributed by atoms with Gasteiger partial charge < -0.3 is 10.6 Å². The minimum absolute atomic E-state index is 0.0789. The molecule has 22 heavy (non-hydrogen) atoms. The number of piperidine rings is 1. The second-order valence-corrected chi connectivity index (χ2v) is 5.29. The maximum absolute atomic E-state index is 14.3. The molecule has 1 aromatic carbocycles. The number of carbonyl (C=O) groups excluding carboxylic acids is 3. The first-order chi connectivity index (χ1) is 10.4. The SMILES string of the molecule is NCc1cc(F)c2c(c1F)C(=O)N(C1CCC(=O)NC1=O)C2. The molecule has 0 saturated carbocycles. The zero-order valence-electron chi connectivity index (χ0n) is 11.5. The standard InChI is InChI=1S/C14H13F2N3O3/c15-8-3-6(4-17)12(16)11-7(8)5-19(14(11)22)9-1-2-10(20)18-13(9)21/h3,9H,1-2,4-5,17H2,(H,18,20,21). The van der Waals surface area contributed by atoms with E-state index in [1.165, 1.54) is 0 Å². The molecule has 0 radical (unpaired) electrons. The van der Waals surface area contributed by atoms with Gasteiger partial charge in [-0.05, 0) is 12.5 Å². The summed E-state index contributed by atoms with van der Waals surface area (Å²) in [6, 6.07) is 0.0628. The van der Waals surface area contributed by atoms with Gasteiger partial charge in [0.2, 0.25) is 11.8 Å². The minimum atomic E-state index is -0.905. The molecule has 6 nitrogen and oxygen atoms in total. The summed E-state index contributed by atoms with van der Waals surface area (Å²) in [5, 5.41) is 2.13. The van der Waals surface area contributed by atoms with Crippen LogP contribution in [0.4, 0.5) is 8.78 Å². The molecule has 0 aliphatic carbocycles. The molecule has 0 bridgehead atoms. The van der Waals surface area contributed by atoms with Crippen molar-refractivity contribution in [2.24, 2.45) is 5.73 Å². The molecule has 3 N–H and O–H groups in total. The second kappa shape index (κ2) is 5.13. The first-order valence-electron chi connectivity index (χ1n) is 6.78. The summed E-state index contributed by atoms with van der Waals surface area (Å²) in [6.07, 6.45) is 0.215. The third-order valence-corrected chi connectivity index (χ3v) is 4.00. The Kier molecular flexibility index (Phi) is 3.40. The van der Waals surface area contributed by atoms with Crippen LogP contribution in [0.25, 0.3) is 0 Å². The van der Waals surface area contributed by atoms with Crippen LogP contribution in [0.3, 0.4) is 0 Å². The Bertz CT molecular complexity index is 705. The fourth-order valence-corrected chi connectivity index (χ4v) is 2.86. The lowest BCUT2D eigenvalue weighted by molar-refractivity contribution is -0.136. The summed E-state index contributed by atoms with van der Waals surface area (Å²) in [5.74, 6) is -3.37. The predicted molar refractivity (Wildman–Crippen MR) is 70.3 cm³/mol. The summed E-state index contributed by atoms with van der Waals surface area (Å²) in [4.78, 5) is 36.5. The Morgan fingerprint density at radius 2 is 2.05 bits per heavy atom. The van der Waals surface area contributed by atoms with Crippen LogP contribution in [-0.4, -0.2) is 28.7 Å². The molecule has 2 aliphatic rings. The molecule has 1 fully saturated rings. The molecule has 1 aromatic rings. The Balaban J connectivity index is 1.98. The molecule has 1 unspecified atom stereocenters. The molecule has 8 heteroatoms. The van der Waals surface area contributed by atoms with E-state index in [2.05, 4.69) is 5.32 Å². The highest BCUT2D eigenvalue weighted by molar-refractivity contribution is 6.05. The summed E-state index contributed by atoms with van der Waals surface area (Å²) in [5.41, 5.74) is 4.80. The van der Waals surface area contributed by atoms with E-state index in [4.69, 9.17) is 5.73 Å². The van der Waals surface area contributed by atoms with E-state index in [-0.39, 0.29) is 42.6 Å². The van der Waals surface area contributed by atoms with Crippen LogP contribution in [-0.2, 0) is 22.7 Å². The van der Waals surface area contributed by atoms with Gasteiger partial charge in [0.15, 0.2) is 0 Å². The summed E-state index contributed by atoms with van der Waals surface area (Å²) >= 11 is 0. The number of imide groups is 1. The normalized spacial score (nSPS) is 21.1. The second-order valence-electron chi connectivity index (χ2n) is 5.29.